The lowest BCUT2D eigenvalue weighted by Gasteiger charge is -2.04. The molecule has 0 fully saturated rings. The van der Waals surface area contributed by atoms with Crippen molar-refractivity contribution in [3.63, 3.8) is 0 Å². The molecule has 0 aliphatic rings. The molecule has 18 heavy (non-hydrogen) atoms. The predicted octanol–water partition coefficient (Wildman–Crippen LogP) is 3.28. The number of nitrogens with zero attached hydrogens (tertiary/aromatic N) is 2. The second-order valence-corrected chi connectivity index (χ2v) is 5.99. The van der Waals surface area contributed by atoms with E-state index in [0.29, 0.717) is 0 Å². The molecule has 0 aliphatic heterocycles. The number of amides is 1. The van der Waals surface area contributed by atoms with Crippen molar-refractivity contribution in [1.82, 2.24) is 9.88 Å². The Morgan fingerprint density at radius 2 is 2.22 bits per heavy atom. The smallest absolute Gasteiger partial charge is 0.246 e. The molecule has 0 bridgehead atoms. The molecule has 0 saturated carbocycles. The molecule has 2 heterocycles. The van der Waals surface area contributed by atoms with Crippen LogP contribution in [0.15, 0.2) is 23.6 Å². The van der Waals surface area contributed by atoms with Gasteiger partial charge in [-0.15, -0.1) is 22.7 Å². The number of thiophene rings is 1. The fourth-order valence-electron chi connectivity index (χ4n) is 1.36. The number of rotatable bonds is 3. The molecule has 1 amide bonds. The van der Waals surface area contributed by atoms with Gasteiger partial charge in [-0.3, -0.25) is 4.79 Å². The van der Waals surface area contributed by atoms with Crippen molar-refractivity contribution in [2.24, 2.45) is 0 Å². The molecule has 0 atom stereocenters. The highest BCUT2D eigenvalue weighted by atomic mass is 32.1. The molecule has 0 radical (unpaired) electrons. The van der Waals surface area contributed by atoms with Crippen molar-refractivity contribution >= 4 is 34.7 Å². The Morgan fingerprint density at radius 3 is 2.83 bits per heavy atom. The molecule has 2 aromatic heterocycles. The number of carbonyl (C=O) groups is 1. The summed E-state index contributed by atoms with van der Waals surface area (Å²) in [6.45, 7) is 1.97. The van der Waals surface area contributed by atoms with Gasteiger partial charge < -0.3 is 4.90 Å². The van der Waals surface area contributed by atoms with Crippen molar-refractivity contribution in [3.8, 4) is 9.88 Å². The first-order chi connectivity index (χ1) is 8.58. The zero-order valence-corrected chi connectivity index (χ0v) is 12.1. The summed E-state index contributed by atoms with van der Waals surface area (Å²) in [4.78, 5) is 19.8. The van der Waals surface area contributed by atoms with Crippen LogP contribution in [0.25, 0.3) is 16.0 Å². The van der Waals surface area contributed by atoms with Gasteiger partial charge in [-0.2, -0.15) is 0 Å². The maximum atomic E-state index is 11.5. The van der Waals surface area contributed by atoms with E-state index in [-0.39, 0.29) is 5.91 Å². The first-order valence-electron chi connectivity index (χ1n) is 5.48. The normalized spacial score (nSPS) is 11.1. The van der Waals surface area contributed by atoms with E-state index in [1.54, 1.807) is 47.7 Å². The largest absolute Gasteiger partial charge is 0.345 e. The highest BCUT2D eigenvalue weighted by Crippen LogP contribution is 2.31. The molecular weight excluding hydrogens is 264 g/mol. The summed E-state index contributed by atoms with van der Waals surface area (Å²) in [5.41, 5.74) is 0.964. The van der Waals surface area contributed by atoms with Crippen LogP contribution in [0, 0.1) is 6.92 Å². The van der Waals surface area contributed by atoms with Crippen molar-refractivity contribution in [3.05, 3.63) is 34.2 Å². The number of likely N-dealkylation sites (N-methyl/N-ethyl adjacent to an activating group) is 1. The quantitative estimate of drug-likeness (QED) is 0.807. The summed E-state index contributed by atoms with van der Waals surface area (Å²) in [5, 5.41) is 3.05. The fraction of sp³-hybridized carbons (Fsp3) is 0.231. The topological polar surface area (TPSA) is 33.2 Å². The summed E-state index contributed by atoms with van der Waals surface area (Å²) in [5.74, 6) is -0.0135. The monoisotopic (exact) mass is 278 g/mol. The average Bonchev–Trinajstić information content (AvgIpc) is 2.94. The maximum Gasteiger partial charge on any atom is 0.246 e. The Bertz CT molecular complexity index is 568. The van der Waals surface area contributed by atoms with E-state index in [9.17, 15) is 4.79 Å². The molecule has 3 nitrogen and oxygen atoms in total. The van der Waals surface area contributed by atoms with Crippen molar-refractivity contribution < 1.29 is 4.79 Å². The molecule has 0 spiro atoms. The maximum absolute atomic E-state index is 11.5. The molecule has 2 aromatic rings. The number of hydrogen-bond donors (Lipinski definition) is 0. The van der Waals surface area contributed by atoms with Crippen LogP contribution in [0.4, 0.5) is 0 Å². The Kier molecular flexibility index (Phi) is 3.93. The second-order valence-electron chi connectivity index (χ2n) is 4.01. The van der Waals surface area contributed by atoms with Crippen LogP contribution in [-0.4, -0.2) is 29.9 Å². The first kappa shape index (κ1) is 13.0. The number of carbonyl (C=O) groups excluding carboxylic acids is 1. The number of thiazole rings is 1. The minimum Gasteiger partial charge on any atom is -0.345 e. The molecule has 0 unspecified atom stereocenters. The molecule has 94 valence electrons. The fourth-order valence-corrected chi connectivity index (χ4v) is 3.13. The van der Waals surface area contributed by atoms with E-state index in [0.717, 1.165) is 15.6 Å². The van der Waals surface area contributed by atoms with Gasteiger partial charge >= 0.3 is 0 Å². The minimum absolute atomic E-state index is 0.0135. The number of aryl methyl sites for hydroxylation is 1. The Balaban J connectivity index is 2.23. The van der Waals surface area contributed by atoms with Gasteiger partial charge in [0, 0.05) is 20.2 Å². The zero-order chi connectivity index (χ0) is 13.1. The summed E-state index contributed by atoms with van der Waals surface area (Å²) in [7, 11) is 3.48. The lowest BCUT2D eigenvalue weighted by molar-refractivity contribution is -0.123. The number of aromatic nitrogens is 1. The molecule has 0 aliphatic carbocycles. The van der Waals surface area contributed by atoms with E-state index in [1.807, 2.05) is 24.4 Å². The van der Waals surface area contributed by atoms with Crippen LogP contribution >= 0.6 is 22.7 Å². The molecule has 0 N–H and O–H groups in total. The van der Waals surface area contributed by atoms with Gasteiger partial charge in [0.25, 0.3) is 0 Å². The third-order valence-electron chi connectivity index (χ3n) is 2.38. The highest BCUT2D eigenvalue weighted by Gasteiger charge is 2.08. The average molecular weight is 278 g/mol. The standard InChI is InChI=1S/C13H14N2OS2/c1-9-10(6-7-12(16)15(2)3)18-13(14-9)11-5-4-8-17-11/h4-8H,1-3H3. The van der Waals surface area contributed by atoms with Gasteiger partial charge in [0.15, 0.2) is 0 Å². The van der Waals surface area contributed by atoms with E-state index < -0.39 is 0 Å². The van der Waals surface area contributed by atoms with E-state index in [1.165, 1.54) is 4.88 Å². The predicted molar refractivity (Wildman–Crippen MR) is 77.9 cm³/mol. The summed E-state index contributed by atoms with van der Waals surface area (Å²) >= 11 is 3.29. The summed E-state index contributed by atoms with van der Waals surface area (Å²) < 4.78 is 0. The number of hydrogen-bond acceptors (Lipinski definition) is 4. The van der Waals surface area contributed by atoms with Crippen LogP contribution in [-0.2, 0) is 4.79 Å². The Hall–Kier alpha value is -1.46. The van der Waals surface area contributed by atoms with Crippen molar-refractivity contribution in [1.29, 1.82) is 0 Å². The molecule has 0 aromatic carbocycles. The molecule has 5 heteroatoms. The van der Waals surface area contributed by atoms with Gasteiger partial charge in [0.2, 0.25) is 5.91 Å². The van der Waals surface area contributed by atoms with E-state index in [2.05, 4.69) is 11.1 Å². The SMILES string of the molecule is Cc1nc(-c2cccs2)sc1C=CC(=O)N(C)C. The van der Waals surface area contributed by atoms with Crippen molar-refractivity contribution in [2.75, 3.05) is 14.1 Å². The van der Waals surface area contributed by atoms with E-state index in [4.69, 9.17) is 0 Å². The summed E-state index contributed by atoms with van der Waals surface area (Å²) in [6.07, 6.45) is 3.42. The Labute approximate surface area is 114 Å². The van der Waals surface area contributed by atoms with Crippen LogP contribution in [0.1, 0.15) is 10.6 Å². The van der Waals surface area contributed by atoms with Crippen LogP contribution in [0.3, 0.4) is 0 Å². The van der Waals surface area contributed by atoms with Gasteiger partial charge in [0.05, 0.1) is 15.4 Å². The van der Waals surface area contributed by atoms with Gasteiger partial charge in [-0.25, -0.2) is 4.98 Å². The second kappa shape index (κ2) is 5.46. The lowest BCUT2D eigenvalue weighted by atomic mass is 10.3. The zero-order valence-electron chi connectivity index (χ0n) is 10.5. The van der Waals surface area contributed by atoms with Crippen LogP contribution in [0.5, 0.6) is 0 Å². The Morgan fingerprint density at radius 1 is 1.44 bits per heavy atom. The molecule has 0 saturated heterocycles. The lowest BCUT2D eigenvalue weighted by Crippen LogP contribution is -2.18. The third kappa shape index (κ3) is 2.86. The third-order valence-corrected chi connectivity index (χ3v) is 4.54. The highest BCUT2D eigenvalue weighted by molar-refractivity contribution is 7.21. The van der Waals surface area contributed by atoms with E-state index >= 15 is 0 Å². The molecular formula is C13H14N2OS2. The molecule has 2 rings (SSSR count). The van der Waals surface area contributed by atoms with Gasteiger partial charge in [-0.1, -0.05) is 6.07 Å². The van der Waals surface area contributed by atoms with Crippen molar-refractivity contribution in [2.45, 2.75) is 6.92 Å². The summed E-state index contributed by atoms with van der Waals surface area (Å²) in [6, 6.07) is 4.07. The van der Waals surface area contributed by atoms with Crippen LogP contribution in [0.2, 0.25) is 0 Å². The van der Waals surface area contributed by atoms with Crippen LogP contribution < -0.4 is 0 Å². The first-order valence-corrected chi connectivity index (χ1v) is 7.18. The van der Waals surface area contributed by atoms with Gasteiger partial charge in [-0.05, 0) is 24.4 Å². The minimum atomic E-state index is -0.0135. The van der Waals surface area contributed by atoms with Gasteiger partial charge in [0.1, 0.15) is 5.01 Å².